The van der Waals surface area contributed by atoms with Crippen LogP contribution in [0.15, 0.2) is 30.3 Å². The fourth-order valence-electron chi connectivity index (χ4n) is 2.19. The van der Waals surface area contributed by atoms with E-state index < -0.39 is 0 Å². The molecule has 1 aromatic rings. The molecule has 0 amide bonds. The van der Waals surface area contributed by atoms with Crippen molar-refractivity contribution in [2.45, 2.75) is 19.8 Å². The summed E-state index contributed by atoms with van der Waals surface area (Å²) in [5.41, 5.74) is 1.87. The lowest BCUT2D eigenvalue weighted by Gasteiger charge is -2.25. The summed E-state index contributed by atoms with van der Waals surface area (Å²) in [5.74, 6) is 0.675. The summed E-state index contributed by atoms with van der Waals surface area (Å²) in [6, 6.07) is 10.8. The molecule has 1 heteroatoms. The Morgan fingerprint density at radius 2 is 1.92 bits per heavy atom. The van der Waals surface area contributed by atoms with Gasteiger partial charge in [0.1, 0.15) is 0 Å². The maximum Gasteiger partial charge on any atom is 0.00267 e. The number of benzene rings is 1. The summed E-state index contributed by atoms with van der Waals surface area (Å²) in [6.07, 6.45) is 0. The molecule has 1 aliphatic heterocycles. The molecule has 13 heavy (non-hydrogen) atoms. The molecule has 0 bridgehead atoms. The van der Waals surface area contributed by atoms with Crippen LogP contribution in [0.3, 0.4) is 0 Å². The van der Waals surface area contributed by atoms with Gasteiger partial charge in [-0.05, 0) is 11.0 Å². The van der Waals surface area contributed by atoms with Crippen molar-refractivity contribution in [2.24, 2.45) is 5.41 Å². The van der Waals surface area contributed by atoms with Crippen LogP contribution in [0.1, 0.15) is 25.3 Å². The van der Waals surface area contributed by atoms with E-state index in [9.17, 15) is 0 Å². The smallest absolute Gasteiger partial charge is 0.00267 e. The maximum atomic E-state index is 3.46. The number of nitrogens with one attached hydrogen (secondary N) is 1. The molecule has 2 rings (SSSR count). The highest BCUT2D eigenvalue weighted by Crippen LogP contribution is 2.37. The minimum Gasteiger partial charge on any atom is -0.316 e. The first-order valence-electron chi connectivity index (χ1n) is 4.96. The molecule has 0 aliphatic carbocycles. The molecule has 1 nitrogen and oxygen atoms in total. The highest BCUT2D eigenvalue weighted by atomic mass is 14.9. The molecule has 1 saturated heterocycles. The lowest BCUT2D eigenvalue weighted by atomic mass is 9.78. The van der Waals surface area contributed by atoms with Crippen LogP contribution in [-0.4, -0.2) is 13.1 Å². The van der Waals surface area contributed by atoms with E-state index in [1.54, 1.807) is 0 Å². The van der Waals surface area contributed by atoms with Crippen LogP contribution in [0.5, 0.6) is 0 Å². The van der Waals surface area contributed by atoms with Gasteiger partial charge in [-0.15, -0.1) is 0 Å². The normalized spacial score (nSPS) is 26.2. The van der Waals surface area contributed by atoms with Gasteiger partial charge in [-0.2, -0.15) is 0 Å². The highest BCUT2D eigenvalue weighted by Gasteiger charge is 2.34. The lowest BCUT2D eigenvalue weighted by Crippen LogP contribution is -2.20. The second kappa shape index (κ2) is 3.15. The van der Waals surface area contributed by atoms with Crippen molar-refractivity contribution in [3.8, 4) is 0 Å². The Morgan fingerprint density at radius 1 is 1.23 bits per heavy atom. The predicted molar refractivity (Wildman–Crippen MR) is 55.8 cm³/mol. The van der Waals surface area contributed by atoms with Gasteiger partial charge in [0.2, 0.25) is 0 Å². The first-order chi connectivity index (χ1) is 6.20. The van der Waals surface area contributed by atoms with E-state index in [0.29, 0.717) is 11.3 Å². The molecule has 0 saturated carbocycles. The molecule has 1 heterocycles. The van der Waals surface area contributed by atoms with E-state index in [0.717, 1.165) is 13.1 Å². The van der Waals surface area contributed by atoms with Crippen molar-refractivity contribution in [3.63, 3.8) is 0 Å². The summed E-state index contributed by atoms with van der Waals surface area (Å²) in [4.78, 5) is 0. The molecular weight excluding hydrogens is 158 g/mol. The first-order valence-corrected chi connectivity index (χ1v) is 4.96. The van der Waals surface area contributed by atoms with Crippen LogP contribution in [0.2, 0.25) is 0 Å². The Kier molecular flexibility index (Phi) is 2.12. The average molecular weight is 175 g/mol. The number of hydrogen-bond acceptors (Lipinski definition) is 1. The number of hydrogen-bond donors (Lipinski definition) is 1. The molecule has 1 N–H and O–H groups in total. The van der Waals surface area contributed by atoms with Crippen molar-refractivity contribution in [1.29, 1.82) is 0 Å². The van der Waals surface area contributed by atoms with Gasteiger partial charge in [0, 0.05) is 19.0 Å². The maximum absolute atomic E-state index is 3.46. The third-order valence-electron chi connectivity index (χ3n) is 3.07. The van der Waals surface area contributed by atoms with Crippen LogP contribution in [0, 0.1) is 5.41 Å². The Balaban J connectivity index is 2.27. The molecule has 70 valence electrons. The second-order valence-electron chi connectivity index (χ2n) is 4.58. The summed E-state index contributed by atoms with van der Waals surface area (Å²) >= 11 is 0. The van der Waals surface area contributed by atoms with E-state index in [1.165, 1.54) is 5.56 Å². The zero-order valence-electron chi connectivity index (χ0n) is 8.38. The zero-order chi connectivity index (χ0) is 9.31. The summed E-state index contributed by atoms with van der Waals surface area (Å²) in [7, 11) is 0. The summed E-state index contributed by atoms with van der Waals surface area (Å²) in [5, 5.41) is 3.46. The quantitative estimate of drug-likeness (QED) is 0.691. The third-order valence-corrected chi connectivity index (χ3v) is 3.07. The van der Waals surface area contributed by atoms with Crippen LogP contribution >= 0.6 is 0 Å². The van der Waals surface area contributed by atoms with Crippen LogP contribution in [0.4, 0.5) is 0 Å². The van der Waals surface area contributed by atoms with Crippen LogP contribution < -0.4 is 5.32 Å². The Bertz CT molecular complexity index is 276. The van der Waals surface area contributed by atoms with E-state index in [2.05, 4.69) is 49.5 Å². The summed E-state index contributed by atoms with van der Waals surface area (Å²) < 4.78 is 0. The molecule has 1 unspecified atom stereocenters. The Labute approximate surface area is 80.2 Å². The van der Waals surface area contributed by atoms with E-state index in [1.807, 2.05) is 0 Å². The van der Waals surface area contributed by atoms with Gasteiger partial charge >= 0.3 is 0 Å². The lowest BCUT2D eigenvalue weighted by molar-refractivity contribution is 0.363. The molecule has 1 aromatic carbocycles. The third kappa shape index (κ3) is 1.61. The Morgan fingerprint density at radius 3 is 2.46 bits per heavy atom. The van der Waals surface area contributed by atoms with E-state index >= 15 is 0 Å². The minimum absolute atomic E-state index is 0.404. The SMILES string of the molecule is CC1(C)CNCC1c1ccccc1. The highest BCUT2D eigenvalue weighted by molar-refractivity contribution is 5.23. The van der Waals surface area contributed by atoms with Gasteiger partial charge in [0.25, 0.3) is 0 Å². The largest absolute Gasteiger partial charge is 0.316 e. The first kappa shape index (κ1) is 8.76. The van der Waals surface area contributed by atoms with Gasteiger partial charge in [0.15, 0.2) is 0 Å². The van der Waals surface area contributed by atoms with Crippen LogP contribution in [0.25, 0.3) is 0 Å². The van der Waals surface area contributed by atoms with Gasteiger partial charge < -0.3 is 5.32 Å². The molecule has 0 spiro atoms. The van der Waals surface area contributed by atoms with Crippen molar-refractivity contribution in [1.82, 2.24) is 5.32 Å². The molecule has 1 fully saturated rings. The predicted octanol–water partition coefficient (Wildman–Crippen LogP) is 2.40. The van der Waals surface area contributed by atoms with Crippen molar-refractivity contribution in [2.75, 3.05) is 13.1 Å². The standard InChI is InChI=1S/C12H17N/c1-12(2)9-13-8-11(12)10-6-4-3-5-7-10/h3-7,11,13H,8-9H2,1-2H3. The number of rotatable bonds is 1. The summed E-state index contributed by atoms with van der Waals surface area (Å²) in [6.45, 7) is 6.93. The van der Waals surface area contributed by atoms with Crippen molar-refractivity contribution in [3.05, 3.63) is 35.9 Å². The van der Waals surface area contributed by atoms with Crippen molar-refractivity contribution < 1.29 is 0 Å². The van der Waals surface area contributed by atoms with Gasteiger partial charge in [-0.1, -0.05) is 44.2 Å². The average Bonchev–Trinajstić information content (AvgIpc) is 2.47. The fourth-order valence-corrected chi connectivity index (χ4v) is 2.19. The van der Waals surface area contributed by atoms with Crippen molar-refractivity contribution >= 4 is 0 Å². The molecule has 0 radical (unpaired) electrons. The molecular formula is C12H17N. The van der Waals surface area contributed by atoms with E-state index in [-0.39, 0.29) is 0 Å². The molecule has 1 atom stereocenters. The molecule has 1 aliphatic rings. The topological polar surface area (TPSA) is 12.0 Å². The van der Waals surface area contributed by atoms with E-state index in [4.69, 9.17) is 0 Å². The van der Waals surface area contributed by atoms with Gasteiger partial charge in [-0.3, -0.25) is 0 Å². The minimum atomic E-state index is 0.404. The second-order valence-corrected chi connectivity index (χ2v) is 4.58. The van der Waals surface area contributed by atoms with Crippen LogP contribution in [-0.2, 0) is 0 Å². The Hall–Kier alpha value is -0.820. The fraction of sp³-hybridized carbons (Fsp3) is 0.500. The monoisotopic (exact) mass is 175 g/mol. The molecule has 0 aromatic heterocycles. The zero-order valence-corrected chi connectivity index (χ0v) is 8.38. The van der Waals surface area contributed by atoms with Gasteiger partial charge in [0.05, 0.1) is 0 Å². The van der Waals surface area contributed by atoms with Gasteiger partial charge in [-0.25, -0.2) is 0 Å².